The van der Waals surface area contributed by atoms with Crippen LogP contribution in [-0.4, -0.2) is 14.1 Å². The molecule has 0 saturated heterocycles. The largest absolute Gasteiger partial charge is 0.376 e. The summed E-state index contributed by atoms with van der Waals surface area (Å²) >= 11 is 5.86. The van der Waals surface area contributed by atoms with Crippen LogP contribution in [0.5, 0.6) is 0 Å². The van der Waals surface area contributed by atoms with E-state index in [2.05, 4.69) is 22.3 Å². The van der Waals surface area contributed by atoms with Gasteiger partial charge in [0.15, 0.2) is 0 Å². The zero-order valence-electron chi connectivity index (χ0n) is 9.94. The van der Waals surface area contributed by atoms with E-state index in [0.717, 1.165) is 22.1 Å². The van der Waals surface area contributed by atoms with Crippen LogP contribution in [0, 0.1) is 0 Å². The van der Waals surface area contributed by atoms with Gasteiger partial charge in [-0.15, -0.1) is 0 Å². The molecule has 0 fully saturated rings. The van der Waals surface area contributed by atoms with Crippen LogP contribution in [0.1, 0.15) is 0 Å². The fraction of sp³-hybridized carbons (Fsp3) is 0.143. The van der Waals surface area contributed by atoms with E-state index < -0.39 is 0 Å². The van der Waals surface area contributed by atoms with Crippen molar-refractivity contribution in [3.05, 3.63) is 53.6 Å². The van der Waals surface area contributed by atoms with E-state index >= 15 is 0 Å². The van der Waals surface area contributed by atoms with Crippen LogP contribution < -0.4 is 10.2 Å². The molecule has 0 amide bonds. The normalized spacial score (nSPS) is 10.1. The van der Waals surface area contributed by atoms with Gasteiger partial charge in [0.2, 0.25) is 0 Å². The molecule has 1 N–H and O–H groups in total. The summed E-state index contributed by atoms with van der Waals surface area (Å²) in [7, 11) is 4.06. The molecule has 2 nitrogen and oxygen atoms in total. The van der Waals surface area contributed by atoms with Crippen molar-refractivity contribution in [3.8, 4) is 0 Å². The third kappa shape index (κ3) is 2.92. The Morgan fingerprint density at radius 3 is 2.24 bits per heavy atom. The van der Waals surface area contributed by atoms with Crippen molar-refractivity contribution in [2.75, 3.05) is 24.3 Å². The molecule has 0 aromatic heterocycles. The standard InChI is InChI=1S/C14H15ClN2/c1-17(2)14-6-4-3-5-13(14)16-12-9-7-11(15)8-10-12/h3-10,16H,1-2H3. The molecule has 88 valence electrons. The van der Waals surface area contributed by atoms with Gasteiger partial charge >= 0.3 is 0 Å². The zero-order valence-corrected chi connectivity index (χ0v) is 10.7. The summed E-state index contributed by atoms with van der Waals surface area (Å²) in [6.45, 7) is 0. The van der Waals surface area contributed by atoms with E-state index in [1.165, 1.54) is 0 Å². The number of anilines is 3. The Morgan fingerprint density at radius 1 is 0.941 bits per heavy atom. The molecule has 0 spiro atoms. The topological polar surface area (TPSA) is 15.3 Å². The minimum Gasteiger partial charge on any atom is -0.376 e. The van der Waals surface area contributed by atoms with Gasteiger partial charge in [0.1, 0.15) is 0 Å². The molecule has 0 aliphatic rings. The van der Waals surface area contributed by atoms with Crippen molar-refractivity contribution in [1.29, 1.82) is 0 Å². The van der Waals surface area contributed by atoms with Gasteiger partial charge in [0.05, 0.1) is 11.4 Å². The minimum absolute atomic E-state index is 0.747. The Bertz CT molecular complexity index is 492. The number of halogens is 1. The second-order valence-corrected chi connectivity index (χ2v) is 4.48. The Kier molecular flexibility index (Phi) is 3.55. The lowest BCUT2D eigenvalue weighted by molar-refractivity contribution is 1.13. The average molecular weight is 247 g/mol. The first-order chi connectivity index (χ1) is 8.16. The molecule has 0 bridgehead atoms. The number of benzene rings is 2. The monoisotopic (exact) mass is 246 g/mol. The van der Waals surface area contributed by atoms with Crippen molar-refractivity contribution in [2.24, 2.45) is 0 Å². The Morgan fingerprint density at radius 2 is 1.59 bits per heavy atom. The summed E-state index contributed by atoms with van der Waals surface area (Å²) < 4.78 is 0. The smallest absolute Gasteiger partial charge is 0.0621 e. The molecule has 0 unspecified atom stereocenters. The SMILES string of the molecule is CN(C)c1ccccc1Nc1ccc(Cl)cc1. The van der Waals surface area contributed by atoms with Crippen LogP contribution >= 0.6 is 11.6 Å². The molecule has 2 rings (SSSR count). The second kappa shape index (κ2) is 5.11. The summed E-state index contributed by atoms with van der Waals surface area (Å²) in [6, 6.07) is 15.9. The van der Waals surface area contributed by atoms with Crippen molar-refractivity contribution in [3.63, 3.8) is 0 Å². The van der Waals surface area contributed by atoms with Crippen LogP contribution in [-0.2, 0) is 0 Å². The van der Waals surface area contributed by atoms with Crippen LogP contribution in [0.25, 0.3) is 0 Å². The Labute approximate surface area is 107 Å². The highest BCUT2D eigenvalue weighted by Gasteiger charge is 2.03. The average Bonchev–Trinajstić information content (AvgIpc) is 2.32. The number of nitrogens with zero attached hydrogens (tertiary/aromatic N) is 1. The molecule has 0 heterocycles. The molecule has 0 aliphatic carbocycles. The van der Waals surface area contributed by atoms with E-state index in [1.807, 2.05) is 50.5 Å². The van der Waals surface area contributed by atoms with Crippen molar-refractivity contribution < 1.29 is 0 Å². The summed E-state index contributed by atoms with van der Waals surface area (Å²) in [5, 5.41) is 4.13. The van der Waals surface area contributed by atoms with Crippen molar-refractivity contribution in [1.82, 2.24) is 0 Å². The molecule has 0 atom stereocenters. The first kappa shape index (κ1) is 11.8. The lowest BCUT2D eigenvalue weighted by atomic mass is 10.2. The van der Waals surface area contributed by atoms with E-state index in [-0.39, 0.29) is 0 Å². The van der Waals surface area contributed by atoms with Gasteiger partial charge in [-0.1, -0.05) is 23.7 Å². The summed E-state index contributed by atoms with van der Waals surface area (Å²) in [5.74, 6) is 0. The Hall–Kier alpha value is -1.67. The quantitative estimate of drug-likeness (QED) is 0.875. The molecule has 3 heteroatoms. The predicted molar refractivity (Wildman–Crippen MR) is 75.5 cm³/mol. The predicted octanol–water partition coefficient (Wildman–Crippen LogP) is 4.15. The fourth-order valence-corrected chi connectivity index (χ4v) is 1.78. The fourth-order valence-electron chi connectivity index (χ4n) is 1.66. The molecular formula is C14H15ClN2. The van der Waals surface area contributed by atoms with Crippen molar-refractivity contribution in [2.45, 2.75) is 0 Å². The van der Waals surface area contributed by atoms with E-state index in [9.17, 15) is 0 Å². The highest BCUT2D eigenvalue weighted by Crippen LogP contribution is 2.27. The van der Waals surface area contributed by atoms with Gasteiger partial charge in [-0.05, 0) is 36.4 Å². The lowest BCUT2D eigenvalue weighted by Gasteiger charge is -2.18. The summed E-state index contributed by atoms with van der Waals surface area (Å²) in [4.78, 5) is 2.08. The zero-order chi connectivity index (χ0) is 12.3. The van der Waals surface area contributed by atoms with Gasteiger partial charge in [0.25, 0.3) is 0 Å². The summed E-state index contributed by atoms with van der Waals surface area (Å²) in [6.07, 6.45) is 0. The third-order valence-corrected chi connectivity index (χ3v) is 2.76. The molecule has 2 aromatic carbocycles. The molecule has 2 aromatic rings. The third-order valence-electron chi connectivity index (χ3n) is 2.51. The highest BCUT2D eigenvalue weighted by molar-refractivity contribution is 6.30. The number of nitrogens with one attached hydrogen (secondary N) is 1. The molecule has 0 radical (unpaired) electrons. The van der Waals surface area contributed by atoms with Gasteiger partial charge in [-0.25, -0.2) is 0 Å². The van der Waals surface area contributed by atoms with Crippen molar-refractivity contribution >= 4 is 28.7 Å². The second-order valence-electron chi connectivity index (χ2n) is 4.04. The first-order valence-corrected chi connectivity index (χ1v) is 5.83. The van der Waals surface area contributed by atoms with Gasteiger partial charge in [-0.3, -0.25) is 0 Å². The lowest BCUT2D eigenvalue weighted by Crippen LogP contribution is -2.10. The first-order valence-electron chi connectivity index (χ1n) is 5.46. The number of rotatable bonds is 3. The van der Waals surface area contributed by atoms with E-state index in [1.54, 1.807) is 0 Å². The number of hydrogen-bond acceptors (Lipinski definition) is 2. The van der Waals surface area contributed by atoms with Gasteiger partial charge < -0.3 is 10.2 Å². The van der Waals surface area contributed by atoms with Crippen LogP contribution in [0.2, 0.25) is 5.02 Å². The van der Waals surface area contributed by atoms with Crippen LogP contribution in [0.4, 0.5) is 17.1 Å². The van der Waals surface area contributed by atoms with Crippen LogP contribution in [0.15, 0.2) is 48.5 Å². The maximum absolute atomic E-state index is 5.86. The maximum Gasteiger partial charge on any atom is 0.0621 e. The van der Waals surface area contributed by atoms with Gasteiger partial charge in [-0.2, -0.15) is 0 Å². The van der Waals surface area contributed by atoms with E-state index in [4.69, 9.17) is 11.6 Å². The summed E-state index contributed by atoms with van der Waals surface area (Å²) in [5.41, 5.74) is 3.27. The number of para-hydroxylation sites is 2. The minimum atomic E-state index is 0.747. The highest BCUT2D eigenvalue weighted by atomic mass is 35.5. The molecule has 17 heavy (non-hydrogen) atoms. The number of hydrogen-bond donors (Lipinski definition) is 1. The van der Waals surface area contributed by atoms with Gasteiger partial charge in [0, 0.05) is 24.8 Å². The van der Waals surface area contributed by atoms with E-state index in [0.29, 0.717) is 0 Å². The molecular weight excluding hydrogens is 232 g/mol. The van der Waals surface area contributed by atoms with Crippen LogP contribution in [0.3, 0.4) is 0 Å². The maximum atomic E-state index is 5.86. The molecule has 0 saturated carbocycles. The molecule has 0 aliphatic heterocycles. The Balaban J connectivity index is 2.26.